The summed E-state index contributed by atoms with van der Waals surface area (Å²) < 4.78 is 0. The first-order valence-corrected chi connectivity index (χ1v) is 4.61. The second-order valence-corrected chi connectivity index (χ2v) is 3.51. The Labute approximate surface area is 70.5 Å². The Kier molecular flexibility index (Phi) is 6.57. The van der Waals surface area contributed by atoms with Gasteiger partial charge in [-0.25, -0.2) is 0 Å². The standard InChI is InChI=1S/C9H22N2/c1-4-8(2)6-11-7-9(3)5-10/h8-9,11H,4-7,10H2,1-3H3. The average Bonchev–Trinajstić information content (AvgIpc) is 2.04. The molecule has 0 radical (unpaired) electrons. The molecule has 0 amide bonds. The molecule has 2 heteroatoms. The molecule has 0 saturated carbocycles. The van der Waals surface area contributed by atoms with Gasteiger partial charge in [0.25, 0.3) is 0 Å². The summed E-state index contributed by atoms with van der Waals surface area (Å²) in [6.07, 6.45) is 1.25. The molecule has 0 saturated heterocycles. The molecular weight excluding hydrogens is 136 g/mol. The van der Waals surface area contributed by atoms with Crippen LogP contribution in [0.5, 0.6) is 0 Å². The van der Waals surface area contributed by atoms with Crippen molar-refractivity contribution in [3.63, 3.8) is 0 Å². The van der Waals surface area contributed by atoms with Crippen molar-refractivity contribution in [2.75, 3.05) is 19.6 Å². The molecule has 0 rings (SSSR count). The largest absolute Gasteiger partial charge is 0.330 e. The third kappa shape index (κ3) is 6.32. The van der Waals surface area contributed by atoms with Crippen LogP contribution in [0.4, 0.5) is 0 Å². The molecule has 0 fully saturated rings. The summed E-state index contributed by atoms with van der Waals surface area (Å²) in [5.74, 6) is 1.40. The number of nitrogens with two attached hydrogens (primary N) is 1. The molecule has 2 nitrogen and oxygen atoms in total. The Hall–Kier alpha value is -0.0800. The first kappa shape index (κ1) is 10.9. The number of hydrogen-bond donors (Lipinski definition) is 2. The summed E-state index contributed by atoms with van der Waals surface area (Å²) in [6, 6.07) is 0. The van der Waals surface area contributed by atoms with Crippen molar-refractivity contribution in [3.05, 3.63) is 0 Å². The normalized spacial score (nSPS) is 16.4. The van der Waals surface area contributed by atoms with Crippen LogP contribution in [0.2, 0.25) is 0 Å². The van der Waals surface area contributed by atoms with E-state index in [2.05, 4.69) is 26.1 Å². The van der Waals surface area contributed by atoms with Crippen LogP contribution >= 0.6 is 0 Å². The highest BCUT2D eigenvalue weighted by Gasteiger charge is 2.00. The first-order valence-electron chi connectivity index (χ1n) is 4.61. The zero-order chi connectivity index (χ0) is 8.69. The molecule has 3 N–H and O–H groups in total. The molecule has 0 aliphatic carbocycles. The van der Waals surface area contributed by atoms with Crippen LogP contribution in [0.3, 0.4) is 0 Å². The molecule has 0 bridgehead atoms. The van der Waals surface area contributed by atoms with E-state index < -0.39 is 0 Å². The number of nitrogens with one attached hydrogen (secondary N) is 1. The Morgan fingerprint density at radius 3 is 2.18 bits per heavy atom. The molecule has 0 aliphatic rings. The van der Waals surface area contributed by atoms with Crippen LogP contribution in [-0.2, 0) is 0 Å². The fourth-order valence-electron chi connectivity index (χ4n) is 0.804. The van der Waals surface area contributed by atoms with Gasteiger partial charge in [-0.15, -0.1) is 0 Å². The maximum absolute atomic E-state index is 5.48. The van der Waals surface area contributed by atoms with E-state index in [0.717, 1.165) is 25.6 Å². The zero-order valence-corrected chi connectivity index (χ0v) is 8.06. The molecule has 0 aromatic heterocycles. The van der Waals surface area contributed by atoms with Gasteiger partial charge in [-0.2, -0.15) is 0 Å². The monoisotopic (exact) mass is 158 g/mol. The summed E-state index contributed by atoms with van der Waals surface area (Å²) >= 11 is 0. The fraction of sp³-hybridized carbons (Fsp3) is 1.00. The highest BCUT2D eigenvalue weighted by Crippen LogP contribution is 1.97. The van der Waals surface area contributed by atoms with E-state index >= 15 is 0 Å². The van der Waals surface area contributed by atoms with Gasteiger partial charge in [0.05, 0.1) is 0 Å². The summed E-state index contributed by atoms with van der Waals surface area (Å²) in [7, 11) is 0. The van der Waals surface area contributed by atoms with Gasteiger partial charge in [-0.3, -0.25) is 0 Å². The van der Waals surface area contributed by atoms with Gasteiger partial charge in [-0.05, 0) is 31.5 Å². The minimum absolute atomic E-state index is 0.610. The van der Waals surface area contributed by atoms with Gasteiger partial charge in [0.15, 0.2) is 0 Å². The third-order valence-electron chi connectivity index (χ3n) is 2.08. The van der Waals surface area contributed by atoms with Gasteiger partial charge in [0.1, 0.15) is 0 Å². The molecule has 68 valence electrons. The van der Waals surface area contributed by atoms with Crippen molar-refractivity contribution >= 4 is 0 Å². The van der Waals surface area contributed by atoms with Crippen LogP contribution in [0.25, 0.3) is 0 Å². The maximum atomic E-state index is 5.48. The van der Waals surface area contributed by atoms with E-state index in [4.69, 9.17) is 5.73 Å². The molecule has 0 aliphatic heterocycles. The van der Waals surface area contributed by atoms with E-state index in [1.807, 2.05) is 0 Å². The van der Waals surface area contributed by atoms with Crippen LogP contribution < -0.4 is 11.1 Å². The fourth-order valence-corrected chi connectivity index (χ4v) is 0.804. The second-order valence-electron chi connectivity index (χ2n) is 3.51. The smallest absolute Gasteiger partial charge is 0.00110 e. The topological polar surface area (TPSA) is 38.0 Å². The van der Waals surface area contributed by atoms with Crippen LogP contribution in [0.15, 0.2) is 0 Å². The van der Waals surface area contributed by atoms with Crippen molar-refractivity contribution in [1.29, 1.82) is 0 Å². The summed E-state index contributed by atoms with van der Waals surface area (Å²) in [4.78, 5) is 0. The SMILES string of the molecule is CCC(C)CNCC(C)CN. The van der Waals surface area contributed by atoms with Gasteiger partial charge in [0.2, 0.25) is 0 Å². The van der Waals surface area contributed by atoms with Crippen molar-refractivity contribution < 1.29 is 0 Å². The van der Waals surface area contributed by atoms with Gasteiger partial charge >= 0.3 is 0 Å². The summed E-state index contributed by atoms with van der Waals surface area (Å²) in [5, 5.41) is 3.41. The lowest BCUT2D eigenvalue weighted by molar-refractivity contribution is 0.455. The quantitative estimate of drug-likeness (QED) is 0.610. The lowest BCUT2D eigenvalue weighted by atomic mass is 10.1. The molecule has 0 aromatic carbocycles. The van der Waals surface area contributed by atoms with Crippen molar-refractivity contribution in [2.45, 2.75) is 27.2 Å². The van der Waals surface area contributed by atoms with E-state index in [0.29, 0.717) is 5.92 Å². The predicted octanol–water partition coefficient (Wildman–Crippen LogP) is 1.22. The lowest BCUT2D eigenvalue weighted by Gasteiger charge is -2.12. The van der Waals surface area contributed by atoms with Crippen LogP contribution in [0, 0.1) is 11.8 Å². The minimum atomic E-state index is 0.610. The van der Waals surface area contributed by atoms with E-state index in [9.17, 15) is 0 Å². The number of hydrogen-bond acceptors (Lipinski definition) is 2. The van der Waals surface area contributed by atoms with E-state index in [1.54, 1.807) is 0 Å². The Morgan fingerprint density at radius 2 is 1.73 bits per heavy atom. The van der Waals surface area contributed by atoms with E-state index in [-0.39, 0.29) is 0 Å². The molecule has 0 aromatic rings. The van der Waals surface area contributed by atoms with Crippen molar-refractivity contribution in [1.82, 2.24) is 5.32 Å². The lowest BCUT2D eigenvalue weighted by Crippen LogP contribution is -2.29. The molecule has 0 heterocycles. The highest BCUT2D eigenvalue weighted by atomic mass is 14.9. The average molecular weight is 158 g/mol. The first-order chi connectivity index (χ1) is 5.20. The van der Waals surface area contributed by atoms with Crippen molar-refractivity contribution in [3.8, 4) is 0 Å². The summed E-state index contributed by atoms with van der Waals surface area (Å²) in [5.41, 5.74) is 5.48. The van der Waals surface area contributed by atoms with Crippen LogP contribution in [0.1, 0.15) is 27.2 Å². The Morgan fingerprint density at radius 1 is 1.18 bits per heavy atom. The van der Waals surface area contributed by atoms with Gasteiger partial charge < -0.3 is 11.1 Å². The molecule has 2 atom stereocenters. The maximum Gasteiger partial charge on any atom is -0.00110 e. The van der Waals surface area contributed by atoms with Crippen molar-refractivity contribution in [2.24, 2.45) is 17.6 Å². The van der Waals surface area contributed by atoms with Crippen LogP contribution in [-0.4, -0.2) is 19.6 Å². The third-order valence-corrected chi connectivity index (χ3v) is 2.08. The Bertz CT molecular complexity index is 73.6. The molecular formula is C9H22N2. The number of rotatable bonds is 6. The minimum Gasteiger partial charge on any atom is -0.330 e. The zero-order valence-electron chi connectivity index (χ0n) is 8.06. The molecule has 11 heavy (non-hydrogen) atoms. The van der Waals surface area contributed by atoms with E-state index in [1.165, 1.54) is 6.42 Å². The Balaban J connectivity index is 3.13. The predicted molar refractivity (Wildman–Crippen MR) is 50.5 cm³/mol. The van der Waals surface area contributed by atoms with Gasteiger partial charge in [0, 0.05) is 0 Å². The van der Waals surface area contributed by atoms with Gasteiger partial charge in [-0.1, -0.05) is 27.2 Å². The second kappa shape index (κ2) is 6.62. The highest BCUT2D eigenvalue weighted by molar-refractivity contribution is 4.59. The molecule has 0 spiro atoms. The summed E-state index contributed by atoms with van der Waals surface area (Å²) in [6.45, 7) is 9.62. The molecule has 2 unspecified atom stereocenters.